The van der Waals surface area contributed by atoms with Crippen LogP contribution in [-0.4, -0.2) is 30.6 Å². The van der Waals surface area contributed by atoms with Gasteiger partial charge in [-0.3, -0.25) is 4.98 Å². The van der Waals surface area contributed by atoms with Crippen molar-refractivity contribution in [1.82, 2.24) is 4.98 Å². The molecule has 3 aliphatic carbocycles. The minimum Gasteiger partial charge on any atom is -0.508 e. The van der Waals surface area contributed by atoms with Crippen LogP contribution in [0.5, 0.6) is 5.75 Å². The number of aromatic hydroxyl groups is 1. The van der Waals surface area contributed by atoms with Crippen molar-refractivity contribution in [3.8, 4) is 5.75 Å². The zero-order valence-corrected chi connectivity index (χ0v) is 18.8. The third-order valence-corrected chi connectivity index (χ3v) is 9.03. The number of aryl methyl sites for hydroxylation is 1. The van der Waals surface area contributed by atoms with Gasteiger partial charge in [-0.1, -0.05) is 13.0 Å². The number of nitrogens with zero attached hydrogens (tertiary/aromatic N) is 1. The van der Waals surface area contributed by atoms with Gasteiger partial charge < -0.3 is 9.84 Å². The second-order valence-electron chi connectivity index (χ2n) is 9.77. The first-order valence-corrected chi connectivity index (χ1v) is 12.7. The molecule has 8 heteroatoms. The molecule has 7 nitrogen and oxygen atoms in total. The van der Waals surface area contributed by atoms with E-state index in [0.29, 0.717) is 23.5 Å². The van der Waals surface area contributed by atoms with Crippen molar-refractivity contribution in [3.05, 3.63) is 53.3 Å². The van der Waals surface area contributed by atoms with Crippen LogP contribution in [0.25, 0.3) is 0 Å². The number of carbonyl (C=O) groups is 1. The molecular weight excluding hydrogens is 428 g/mol. The Balaban J connectivity index is 1.35. The van der Waals surface area contributed by atoms with Gasteiger partial charge in [-0.15, -0.1) is 0 Å². The van der Waals surface area contributed by atoms with Gasteiger partial charge in [0.15, 0.2) is 0 Å². The molecule has 1 heterocycles. The lowest BCUT2D eigenvalue weighted by Gasteiger charge is -2.50. The summed E-state index contributed by atoms with van der Waals surface area (Å²) in [6, 6.07) is 7.01. The molecule has 3 N–H and O–H groups in total. The van der Waals surface area contributed by atoms with Crippen LogP contribution in [0.4, 0.5) is 0 Å². The number of phenolic OH excluding ortho intramolecular Hbond substituents is 1. The van der Waals surface area contributed by atoms with E-state index >= 15 is 0 Å². The van der Waals surface area contributed by atoms with E-state index in [4.69, 9.17) is 9.88 Å². The predicted octanol–water partition coefficient (Wildman–Crippen LogP) is 3.52. The Kier molecular flexibility index (Phi) is 5.05. The van der Waals surface area contributed by atoms with Crippen LogP contribution in [0.1, 0.15) is 66.4 Å². The monoisotopic (exact) mass is 456 g/mol. The van der Waals surface area contributed by atoms with Crippen molar-refractivity contribution < 1.29 is 23.1 Å². The summed E-state index contributed by atoms with van der Waals surface area (Å²) >= 11 is 0. The molecule has 5 atom stereocenters. The molecule has 0 saturated heterocycles. The number of rotatable bonds is 3. The third-order valence-electron chi connectivity index (χ3n) is 8.15. The lowest BCUT2D eigenvalue weighted by molar-refractivity contribution is -0.0428. The van der Waals surface area contributed by atoms with Gasteiger partial charge in [-0.25, -0.2) is 18.4 Å². The van der Waals surface area contributed by atoms with E-state index in [1.54, 1.807) is 6.07 Å². The number of pyridine rings is 1. The first-order valence-electron chi connectivity index (χ1n) is 11.2. The normalized spacial score (nSPS) is 31.3. The third kappa shape index (κ3) is 3.49. The van der Waals surface area contributed by atoms with Crippen molar-refractivity contribution in [3.63, 3.8) is 0 Å². The second kappa shape index (κ2) is 7.56. The van der Waals surface area contributed by atoms with Crippen molar-refractivity contribution in [2.24, 2.45) is 22.4 Å². The Morgan fingerprint density at radius 3 is 2.78 bits per heavy atom. The zero-order chi connectivity index (χ0) is 22.7. The molecule has 0 aliphatic heterocycles. The van der Waals surface area contributed by atoms with Gasteiger partial charge in [0.2, 0.25) is 10.0 Å². The standard InChI is InChI=1S/C24H28N2O5S/c1-24-9-8-19-18-5-3-16(27)10-14(18)2-4-20(19)21(24)6-7-22(24)31-23(28)15-11-17(13-26-12-15)32(25,29)30/h3,5,10-13,19-22,27H,2,4,6-9H2,1H3,(H2,25,29,30)/t19?,20?,21?,22-,24-/m0/s1. The van der Waals surface area contributed by atoms with Gasteiger partial charge in [-0.2, -0.15) is 0 Å². The summed E-state index contributed by atoms with van der Waals surface area (Å²) in [6.07, 6.45) is 8.10. The Hall–Kier alpha value is -2.45. The van der Waals surface area contributed by atoms with Crippen LogP contribution in [0, 0.1) is 17.3 Å². The van der Waals surface area contributed by atoms with Crippen LogP contribution in [0.15, 0.2) is 41.6 Å². The van der Waals surface area contributed by atoms with E-state index in [9.17, 15) is 18.3 Å². The van der Waals surface area contributed by atoms with E-state index in [2.05, 4.69) is 18.0 Å². The molecule has 2 aromatic rings. The molecular formula is C24H28N2O5S. The number of benzene rings is 1. The molecule has 0 bridgehead atoms. The molecule has 5 rings (SSSR count). The fourth-order valence-electron chi connectivity index (χ4n) is 6.60. The molecule has 170 valence electrons. The number of esters is 1. The highest BCUT2D eigenvalue weighted by Crippen LogP contribution is 2.61. The molecule has 0 amide bonds. The van der Waals surface area contributed by atoms with Gasteiger partial charge in [0, 0.05) is 17.8 Å². The summed E-state index contributed by atoms with van der Waals surface area (Å²) in [6.45, 7) is 2.24. The van der Waals surface area contributed by atoms with Crippen LogP contribution >= 0.6 is 0 Å². The zero-order valence-electron chi connectivity index (χ0n) is 18.0. The number of carbonyl (C=O) groups excluding carboxylic acids is 1. The average molecular weight is 457 g/mol. The number of hydrogen-bond donors (Lipinski definition) is 2. The Labute approximate surface area is 188 Å². The molecule has 1 aromatic heterocycles. The van der Waals surface area contributed by atoms with E-state index < -0.39 is 16.0 Å². The summed E-state index contributed by atoms with van der Waals surface area (Å²) in [5.41, 5.74) is 2.63. The maximum absolute atomic E-state index is 12.9. The van der Waals surface area contributed by atoms with Crippen LogP contribution < -0.4 is 5.14 Å². The minimum atomic E-state index is -3.94. The summed E-state index contributed by atoms with van der Waals surface area (Å²) in [7, 11) is -3.94. The van der Waals surface area contributed by atoms with E-state index in [0.717, 1.165) is 44.7 Å². The number of nitrogens with two attached hydrogens (primary N) is 1. The quantitative estimate of drug-likeness (QED) is 0.682. The largest absolute Gasteiger partial charge is 0.508 e. The highest BCUT2D eigenvalue weighted by Gasteiger charge is 2.56. The van der Waals surface area contributed by atoms with Crippen LogP contribution in [0.3, 0.4) is 0 Å². The molecule has 2 fully saturated rings. The van der Waals surface area contributed by atoms with Crippen molar-refractivity contribution in [1.29, 1.82) is 0 Å². The second-order valence-corrected chi connectivity index (χ2v) is 11.3. The Morgan fingerprint density at radius 2 is 2.00 bits per heavy atom. The Morgan fingerprint density at radius 1 is 1.19 bits per heavy atom. The number of primary sulfonamides is 1. The van der Waals surface area contributed by atoms with Crippen LogP contribution in [-0.2, 0) is 21.2 Å². The van der Waals surface area contributed by atoms with Crippen molar-refractivity contribution in [2.75, 3.05) is 0 Å². The van der Waals surface area contributed by atoms with Crippen molar-refractivity contribution in [2.45, 2.75) is 62.4 Å². The van der Waals surface area contributed by atoms with Gasteiger partial charge in [0.1, 0.15) is 16.7 Å². The fraction of sp³-hybridized carbons (Fsp3) is 0.500. The number of sulfonamides is 1. The molecule has 0 radical (unpaired) electrons. The average Bonchev–Trinajstić information content (AvgIpc) is 3.09. The smallest absolute Gasteiger partial charge is 0.340 e. The van der Waals surface area contributed by atoms with E-state index in [1.165, 1.54) is 23.4 Å². The number of fused-ring (bicyclic) bond motifs is 5. The lowest BCUT2D eigenvalue weighted by atomic mass is 9.55. The number of aromatic nitrogens is 1. The first kappa shape index (κ1) is 21.4. The summed E-state index contributed by atoms with van der Waals surface area (Å²) in [5, 5.41) is 15.0. The molecule has 32 heavy (non-hydrogen) atoms. The maximum Gasteiger partial charge on any atom is 0.340 e. The molecule has 3 unspecified atom stereocenters. The molecule has 2 saturated carbocycles. The highest BCUT2D eigenvalue weighted by atomic mass is 32.2. The number of ether oxygens (including phenoxy) is 1. The van der Waals surface area contributed by atoms with Gasteiger partial charge in [-0.05, 0) is 85.6 Å². The number of hydrogen-bond acceptors (Lipinski definition) is 6. The first-order chi connectivity index (χ1) is 15.2. The lowest BCUT2D eigenvalue weighted by Crippen LogP contribution is -2.45. The van der Waals surface area contributed by atoms with Crippen molar-refractivity contribution >= 4 is 16.0 Å². The Bertz CT molecular complexity index is 1180. The fourth-order valence-corrected chi connectivity index (χ4v) is 7.10. The van der Waals surface area contributed by atoms with E-state index in [-0.39, 0.29) is 22.0 Å². The van der Waals surface area contributed by atoms with Gasteiger partial charge >= 0.3 is 5.97 Å². The van der Waals surface area contributed by atoms with Gasteiger partial charge in [0.05, 0.1) is 5.56 Å². The summed E-state index contributed by atoms with van der Waals surface area (Å²) < 4.78 is 29.2. The number of phenols is 1. The predicted molar refractivity (Wildman–Crippen MR) is 118 cm³/mol. The molecule has 1 aromatic carbocycles. The SMILES string of the molecule is C[C@]12CCC3c4ccc(O)cc4CCC3C1CC[C@@H]2OC(=O)c1cncc(S(N)(=O)=O)c1. The van der Waals surface area contributed by atoms with E-state index in [1.807, 2.05) is 6.07 Å². The minimum absolute atomic E-state index is 0.101. The summed E-state index contributed by atoms with van der Waals surface area (Å²) in [5.74, 6) is 1.28. The molecule has 0 spiro atoms. The highest BCUT2D eigenvalue weighted by molar-refractivity contribution is 7.89. The maximum atomic E-state index is 12.9. The topological polar surface area (TPSA) is 120 Å². The van der Waals surface area contributed by atoms with Crippen LogP contribution in [0.2, 0.25) is 0 Å². The van der Waals surface area contributed by atoms with Gasteiger partial charge in [0.25, 0.3) is 0 Å². The molecule has 3 aliphatic rings. The summed E-state index contributed by atoms with van der Waals surface area (Å²) in [4.78, 5) is 16.5.